The van der Waals surface area contributed by atoms with Crippen LogP contribution in [0.1, 0.15) is 42.9 Å². The maximum atomic E-state index is 5.12. The zero-order valence-corrected chi connectivity index (χ0v) is 12.5. The number of thiol groups is 1. The van der Waals surface area contributed by atoms with E-state index in [1.54, 1.807) is 0 Å². The normalized spacial score (nSPS) is 20.2. The summed E-state index contributed by atoms with van der Waals surface area (Å²) in [6.45, 7) is 4.41. The SMILES string of the molecule is CCCCC1(S)c2ccccc2-c2ccc(C)cc21. The van der Waals surface area contributed by atoms with Crippen LogP contribution in [0, 0.1) is 6.92 Å². The highest BCUT2D eigenvalue weighted by atomic mass is 32.1. The lowest BCUT2D eigenvalue weighted by Crippen LogP contribution is -2.17. The molecule has 1 heteroatoms. The van der Waals surface area contributed by atoms with Crippen LogP contribution in [-0.4, -0.2) is 0 Å². The minimum Gasteiger partial charge on any atom is -0.163 e. The number of rotatable bonds is 3. The summed E-state index contributed by atoms with van der Waals surface area (Å²) in [6.07, 6.45) is 3.54. The van der Waals surface area contributed by atoms with Gasteiger partial charge >= 0.3 is 0 Å². The Morgan fingerprint density at radius 1 is 1.00 bits per heavy atom. The number of hydrogen-bond acceptors (Lipinski definition) is 1. The topological polar surface area (TPSA) is 0 Å². The fourth-order valence-corrected chi connectivity index (χ4v) is 3.70. The molecular weight excluding hydrogens is 248 g/mol. The molecule has 2 aromatic rings. The van der Waals surface area contributed by atoms with Crippen molar-refractivity contribution in [2.45, 2.75) is 37.9 Å². The van der Waals surface area contributed by atoms with Crippen LogP contribution >= 0.6 is 12.6 Å². The fraction of sp³-hybridized carbons (Fsp3) is 0.333. The van der Waals surface area contributed by atoms with Gasteiger partial charge in [-0.3, -0.25) is 0 Å². The Hall–Kier alpha value is -1.21. The molecule has 1 aliphatic carbocycles. The highest BCUT2D eigenvalue weighted by Gasteiger charge is 2.39. The lowest BCUT2D eigenvalue weighted by Gasteiger charge is -2.26. The Morgan fingerprint density at radius 3 is 2.53 bits per heavy atom. The molecule has 1 atom stereocenters. The Bertz CT molecular complexity index is 615. The Morgan fingerprint density at radius 2 is 1.74 bits per heavy atom. The first-order valence-corrected chi connectivity index (χ1v) is 7.55. The number of aryl methyl sites for hydroxylation is 1. The molecule has 0 aromatic heterocycles. The third kappa shape index (κ3) is 1.92. The van der Waals surface area contributed by atoms with Gasteiger partial charge in [-0.1, -0.05) is 67.8 Å². The molecule has 98 valence electrons. The van der Waals surface area contributed by atoms with E-state index in [-0.39, 0.29) is 4.75 Å². The van der Waals surface area contributed by atoms with Crippen molar-refractivity contribution in [2.24, 2.45) is 0 Å². The first-order valence-electron chi connectivity index (χ1n) is 7.10. The molecule has 19 heavy (non-hydrogen) atoms. The minimum absolute atomic E-state index is 0.103. The molecule has 0 saturated carbocycles. The largest absolute Gasteiger partial charge is 0.163 e. The number of hydrogen-bond donors (Lipinski definition) is 1. The summed E-state index contributed by atoms with van der Waals surface area (Å²) >= 11 is 5.12. The van der Waals surface area contributed by atoms with Gasteiger partial charge in [0.2, 0.25) is 0 Å². The van der Waals surface area contributed by atoms with Crippen molar-refractivity contribution in [3.8, 4) is 11.1 Å². The van der Waals surface area contributed by atoms with Crippen LogP contribution in [0.4, 0.5) is 0 Å². The molecule has 0 radical (unpaired) electrons. The average Bonchev–Trinajstić information content (AvgIpc) is 2.67. The molecule has 0 fully saturated rings. The molecule has 2 aromatic carbocycles. The fourth-order valence-electron chi connectivity index (χ4n) is 3.16. The molecule has 0 nitrogen and oxygen atoms in total. The van der Waals surface area contributed by atoms with E-state index in [1.165, 1.54) is 40.7 Å². The zero-order chi connectivity index (χ0) is 13.5. The molecule has 3 rings (SSSR count). The first kappa shape index (κ1) is 12.8. The molecule has 0 bridgehead atoms. The van der Waals surface area contributed by atoms with E-state index >= 15 is 0 Å². The van der Waals surface area contributed by atoms with Crippen molar-refractivity contribution in [3.63, 3.8) is 0 Å². The van der Waals surface area contributed by atoms with Gasteiger partial charge in [0.1, 0.15) is 0 Å². The van der Waals surface area contributed by atoms with Gasteiger partial charge in [0.05, 0.1) is 4.75 Å². The van der Waals surface area contributed by atoms with Gasteiger partial charge in [0, 0.05) is 0 Å². The van der Waals surface area contributed by atoms with E-state index in [2.05, 4.69) is 56.3 Å². The highest BCUT2D eigenvalue weighted by molar-refractivity contribution is 7.81. The van der Waals surface area contributed by atoms with Crippen molar-refractivity contribution < 1.29 is 0 Å². The van der Waals surface area contributed by atoms with Crippen molar-refractivity contribution >= 4 is 12.6 Å². The summed E-state index contributed by atoms with van der Waals surface area (Å²) in [5.41, 5.74) is 6.83. The molecule has 0 heterocycles. The standard InChI is InChI=1S/C18H20S/c1-3-4-11-18(19)16-8-6-5-7-14(16)15-10-9-13(2)12-17(15)18/h5-10,12,19H,3-4,11H2,1-2H3. The van der Waals surface area contributed by atoms with Gasteiger partial charge < -0.3 is 0 Å². The number of benzene rings is 2. The molecular formula is C18H20S. The van der Waals surface area contributed by atoms with Gasteiger partial charge in [0.25, 0.3) is 0 Å². The van der Waals surface area contributed by atoms with Gasteiger partial charge in [0.15, 0.2) is 0 Å². The smallest absolute Gasteiger partial charge is 0.0638 e. The molecule has 0 spiro atoms. The summed E-state index contributed by atoms with van der Waals surface area (Å²) in [5.74, 6) is 0. The van der Waals surface area contributed by atoms with Gasteiger partial charge in [-0.15, -0.1) is 0 Å². The maximum absolute atomic E-state index is 5.12. The zero-order valence-electron chi connectivity index (χ0n) is 11.6. The predicted octanol–water partition coefficient (Wildman–Crippen LogP) is 5.34. The second-order valence-corrected chi connectivity index (χ2v) is 6.32. The second-order valence-electron chi connectivity index (χ2n) is 5.56. The summed E-state index contributed by atoms with van der Waals surface area (Å²) in [4.78, 5) is 0. The highest BCUT2D eigenvalue weighted by Crippen LogP contribution is 2.53. The third-order valence-corrected chi connectivity index (χ3v) is 4.88. The summed E-state index contributed by atoms with van der Waals surface area (Å²) < 4.78 is -0.103. The van der Waals surface area contributed by atoms with Crippen molar-refractivity contribution in [1.29, 1.82) is 0 Å². The van der Waals surface area contributed by atoms with Crippen LogP contribution in [-0.2, 0) is 4.75 Å². The quantitative estimate of drug-likeness (QED) is 0.714. The van der Waals surface area contributed by atoms with Gasteiger partial charge in [-0.2, -0.15) is 12.6 Å². The number of fused-ring (bicyclic) bond motifs is 3. The van der Waals surface area contributed by atoms with Crippen molar-refractivity contribution in [2.75, 3.05) is 0 Å². The van der Waals surface area contributed by atoms with Crippen molar-refractivity contribution in [3.05, 3.63) is 59.2 Å². The maximum Gasteiger partial charge on any atom is 0.0638 e. The summed E-state index contributed by atoms with van der Waals surface area (Å²) in [7, 11) is 0. The summed E-state index contributed by atoms with van der Waals surface area (Å²) in [6, 6.07) is 15.5. The van der Waals surface area contributed by atoms with E-state index in [1.807, 2.05) is 0 Å². The molecule has 0 N–H and O–H groups in total. The van der Waals surface area contributed by atoms with E-state index in [9.17, 15) is 0 Å². The molecule has 0 aliphatic heterocycles. The van der Waals surface area contributed by atoms with Crippen LogP contribution < -0.4 is 0 Å². The third-order valence-electron chi connectivity index (χ3n) is 4.18. The lowest BCUT2D eigenvalue weighted by molar-refractivity contribution is 0.622. The van der Waals surface area contributed by atoms with Gasteiger partial charge in [-0.05, 0) is 35.6 Å². The number of unbranched alkanes of at least 4 members (excludes halogenated alkanes) is 1. The molecule has 0 saturated heterocycles. The Labute approximate surface area is 121 Å². The van der Waals surface area contributed by atoms with Crippen LogP contribution in [0.15, 0.2) is 42.5 Å². The molecule has 1 aliphatic rings. The summed E-state index contributed by atoms with van der Waals surface area (Å²) in [5, 5.41) is 0. The van der Waals surface area contributed by atoms with Crippen LogP contribution in [0.5, 0.6) is 0 Å². The van der Waals surface area contributed by atoms with E-state index < -0.39 is 0 Å². The van der Waals surface area contributed by atoms with E-state index in [4.69, 9.17) is 12.6 Å². The Balaban J connectivity index is 2.22. The average molecular weight is 268 g/mol. The lowest BCUT2D eigenvalue weighted by atomic mass is 9.90. The molecule has 0 amide bonds. The van der Waals surface area contributed by atoms with Crippen LogP contribution in [0.25, 0.3) is 11.1 Å². The van der Waals surface area contributed by atoms with Crippen LogP contribution in [0.3, 0.4) is 0 Å². The second kappa shape index (κ2) is 4.72. The van der Waals surface area contributed by atoms with E-state index in [0.717, 1.165) is 6.42 Å². The van der Waals surface area contributed by atoms with E-state index in [0.29, 0.717) is 0 Å². The van der Waals surface area contributed by atoms with Crippen LogP contribution in [0.2, 0.25) is 0 Å². The minimum atomic E-state index is -0.103. The molecule has 1 unspecified atom stereocenters. The van der Waals surface area contributed by atoms with Gasteiger partial charge in [-0.25, -0.2) is 0 Å². The Kier molecular flexibility index (Phi) is 3.18. The first-order chi connectivity index (χ1) is 9.16. The predicted molar refractivity (Wildman–Crippen MR) is 85.9 cm³/mol. The monoisotopic (exact) mass is 268 g/mol. The van der Waals surface area contributed by atoms with Crippen molar-refractivity contribution in [1.82, 2.24) is 0 Å².